The first-order chi connectivity index (χ1) is 61.5. The van der Waals surface area contributed by atoms with Gasteiger partial charge in [-0.2, -0.15) is 0 Å². The Morgan fingerprint density at radius 2 is 0.740 bits per heavy atom. The number of aryl methyl sites for hydroxylation is 4. The zero-order valence-electron chi connectivity index (χ0n) is 71.1. The van der Waals surface area contributed by atoms with Crippen LogP contribution in [-0.2, 0) is 14.8 Å². The van der Waals surface area contributed by atoms with Crippen molar-refractivity contribution < 1.29 is 46.5 Å². The Morgan fingerprint density at radius 1 is 0.394 bits per heavy atom. The molecule has 11 aromatic carbocycles. The summed E-state index contributed by atoms with van der Waals surface area (Å²) in [6.45, 7) is 22.5. The number of hydrogen-bond donors (Lipinski definition) is 4. The van der Waals surface area contributed by atoms with Gasteiger partial charge >= 0.3 is 17.9 Å². The van der Waals surface area contributed by atoms with Crippen LogP contribution in [0.3, 0.4) is 0 Å². The van der Waals surface area contributed by atoms with Gasteiger partial charge in [-0.25, -0.2) is 37.7 Å². The van der Waals surface area contributed by atoms with Gasteiger partial charge < -0.3 is 44.5 Å². The summed E-state index contributed by atoms with van der Waals surface area (Å²) in [5.41, 5.74) is 15.4. The molecule has 127 heavy (non-hydrogen) atoms. The van der Waals surface area contributed by atoms with E-state index in [0.717, 1.165) is 117 Å². The molecule has 26 nitrogen and oxygen atoms in total. The fraction of sp³-hybridized carbons (Fsp3) is 0.258. The fourth-order valence-electron chi connectivity index (χ4n) is 14.9. The van der Waals surface area contributed by atoms with E-state index < -0.39 is 22.0 Å². The van der Waals surface area contributed by atoms with Crippen molar-refractivity contribution in [2.75, 3.05) is 94.6 Å². The van der Waals surface area contributed by atoms with Crippen LogP contribution in [-0.4, -0.2) is 165 Å². The highest BCUT2D eigenvalue weighted by molar-refractivity contribution is 7.89. The number of benzene rings is 11. The van der Waals surface area contributed by atoms with Gasteiger partial charge in [-0.05, 0) is 327 Å². The predicted molar refractivity (Wildman–Crippen MR) is 498 cm³/mol. The number of sulfonamides is 1. The van der Waals surface area contributed by atoms with Crippen LogP contribution in [0.15, 0.2) is 223 Å². The molecule has 0 radical (unpaired) electrons. The number of carbonyl (C=O) groups excluding carboxylic acids is 3. The molecule has 3 saturated heterocycles. The third-order valence-electron chi connectivity index (χ3n) is 21.7. The van der Waals surface area contributed by atoms with E-state index >= 15 is 0 Å². The van der Waals surface area contributed by atoms with E-state index in [9.17, 15) is 22.8 Å². The molecule has 0 atom stereocenters. The van der Waals surface area contributed by atoms with Crippen molar-refractivity contribution in [3.05, 3.63) is 267 Å². The van der Waals surface area contributed by atoms with Crippen LogP contribution in [0.1, 0.15) is 95.3 Å². The molecule has 14 aromatic rings. The molecule has 0 amide bonds. The molecule has 30 heteroatoms. The first-order valence-corrected chi connectivity index (χ1v) is 44.8. The molecular formula is C97H95Cl3N16O10S. The van der Waals surface area contributed by atoms with Crippen LogP contribution < -0.4 is 44.4 Å². The minimum Gasteiger partial charge on any atom is -0.492 e. The number of likely N-dealkylation sites (tertiary alicyclic amines) is 3. The van der Waals surface area contributed by atoms with Crippen molar-refractivity contribution in [2.45, 2.75) is 85.0 Å². The van der Waals surface area contributed by atoms with E-state index in [4.69, 9.17) is 68.5 Å². The lowest BCUT2D eigenvalue weighted by molar-refractivity contribution is -0.137. The van der Waals surface area contributed by atoms with Crippen LogP contribution >= 0.6 is 34.8 Å². The number of nitrogens with zero attached hydrogens (tertiary/aromatic N) is 12. The summed E-state index contributed by atoms with van der Waals surface area (Å²) in [5.74, 6) is 2.52. The average Bonchev–Trinajstić information content (AvgIpc) is 1.14. The normalized spacial score (nSPS) is 13.5. The van der Waals surface area contributed by atoms with Gasteiger partial charge in [-0.3, -0.25) is 14.6 Å². The highest BCUT2D eigenvalue weighted by Gasteiger charge is 2.23. The van der Waals surface area contributed by atoms with E-state index in [0.29, 0.717) is 121 Å². The van der Waals surface area contributed by atoms with Crippen molar-refractivity contribution in [3.63, 3.8) is 0 Å². The van der Waals surface area contributed by atoms with Crippen LogP contribution in [0.4, 0.5) is 34.9 Å². The highest BCUT2D eigenvalue weighted by atomic mass is 35.5. The zero-order chi connectivity index (χ0) is 88.5. The molecule has 0 bridgehead atoms. The summed E-state index contributed by atoms with van der Waals surface area (Å²) in [4.78, 5) is 58.6. The van der Waals surface area contributed by atoms with Gasteiger partial charge in [0.25, 0.3) is 0 Å². The molecule has 17 rings (SSSR count). The van der Waals surface area contributed by atoms with Crippen molar-refractivity contribution in [3.8, 4) is 62.1 Å². The second-order valence-corrected chi connectivity index (χ2v) is 34.6. The number of hydrogen-bond acceptors (Lipinski definition) is 25. The number of aromatic nitrogens is 9. The van der Waals surface area contributed by atoms with Crippen LogP contribution in [0.2, 0.25) is 15.1 Å². The molecule has 3 aliphatic rings. The number of ether oxygens (including phenoxy) is 5. The molecule has 0 aliphatic carbocycles. The molecule has 0 unspecified atom stereocenters. The summed E-state index contributed by atoms with van der Waals surface area (Å²) in [5, 5.41) is 37.1. The zero-order valence-corrected chi connectivity index (χ0v) is 74.2. The maximum absolute atomic E-state index is 12.7. The molecular weight excluding hydrogens is 1690 g/mol. The van der Waals surface area contributed by atoms with Gasteiger partial charge in [0.15, 0.2) is 0 Å². The standard InChI is InChI=1S/C34H32ClN5O3.C33H31ClN6O4S.C30H32ClN5O3/c1-22-5-7-24(8-6-22)33(41)43-28-13-14-30(35)29(21-28)25-19-23(2)32-31(20-25)38-39-34(37-32)36-26-9-11-27(12-10-26)42-18-17-40-15-3-4-16-40;1-22-19-24(28-21-26(11-14-29(28)34)44-32(41)23-7-3-2-4-8-23)20-30-31(22)37-33(39-38-30)36-25-9-12-27(13-10-25)45(42,43)35-15-18-40-16-5-6-17-40;1-19(2)29(37)39-24-10-11-26(31)25(18-24)21-16-20(3)28-27(17-21)34-35-30(33-28)32-22-6-8-23(9-7-22)38-15-14-36-12-4-5-13-36/h5-14,19-21H,3-4,15-18H2,1-2H3,(H,36,37,39);2-4,7-14,19-21,35H,5-6,15-18H2,1H3,(H,36,37,39);6-11,16-19H,4-5,12-15H2,1-3H3,(H,32,33,35). The lowest BCUT2D eigenvalue weighted by atomic mass is 10.0. The summed E-state index contributed by atoms with van der Waals surface area (Å²) in [6.07, 6.45) is 7.46. The van der Waals surface area contributed by atoms with Crippen LogP contribution in [0.25, 0.3) is 66.5 Å². The lowest BCUT2D eigenvalue weighted by Crippen LogP contribution is -2.33. The number of fused-ring (bicyclic) bond motifs is 3. The van der Waals surface area contributed by atoms with E-state index in [-0.39, 0.29) is 22.7 Å². The second-order valence-electron chi connectivity index (χ2n) is 31.6. The molecule has 3 aliphatic heterocycles. The number of halogens is 3. The van der Waals surface area contributed by atoms with Crippen molar-refractivity contribution in [2.24, 2.45) is 5.92 Å². The largest absolute Gasteiger partial charge is 0.492 e. The van der Waals surface area contributed by atoms with Gasteiger partial charge in [0, 0.05) is 75.0 Å². The summed E-state index contributed by atoms with van der Waals surface area (Å²) in [7, 11) is -3.61. The van der Waals surface area contributed by atoms with Gasteiger partial charge in [0.2, 0.25) is 27.9 Å². The minimum atomic E-state index is -3.61. The Hall–Kier alpha value is -12.7. The Balaban J connectivity index is 0.000000147. The smallest absolute Gasteiger partial charge is 0.343 e. The van der Waals surface area contributed by atoms with Crippen molar-refractivity contribution in [1.29, 1.82) is 0 Å². The first kappa shape index (κ1) is 89.1. The lowest BCUT2D eigenvalue weighted by Gasteiger charge is -2.15. The summed E-state index contributed by atoms with van der Waals surface area (Å²) < 4.78 is 56.6. The van der Waals surface area contributed by atoms with Crippen LogP contribution in [0.5, 0.6) is 28.7 Å². The number of carbonyl (C=O) groups is 3. The molecule has 0 spiro atoms. The number of esters is 3. The van der Waals surface area contributed by atoms with E-state index in [2.05, 4.69) is 70.9 Å². The van der Waals surface area contributed by atoms with E-state index in [1.54, 1.807) is 129 Å². The number of nitrogens with one attached hydrogen (secondary N) is 4. The van der Waals surface area contributed by atoms with E-state index in [1.165, 1.54) is 51.9 Å². The minimum absolute atomic E-state index is 0.188. The number of rotatable bonds is 28. The summed E-state index contributed by atoms with van der Waals surface area (Å²) in [6, 6.07) is 64.8. The maximum atomic E-state index is 12.7. The summed E-state index contributed by atoms with van der Waals surface area (Å²) >= 11 is 19.6. The SMILES string of the molecule is Cc1cc(-c2cc(OC(=O)C(C)C)ccc2Cl)cc2nnc(Nc3ccc(OCCN4CCCC4)cc3)nc12.Cc1cc(-c2cc(OC(=O)c3ccccc3)ccc2Cl)cc2nnc(Nc3ccc(S(=O)(=O)NCCN4CCCC4)cc3)nc12.Cc1ccc(C(=O)Oc2ccc(Cl)c(-c3cc(C)c4nc(Nc5ccc(OCCN6CCCC6)cc5)nnc4c3)c2)cc1. The molecule has 650 valence electrons. The monoisotopic (exact) mass is 1780 g/mol. The van der Waals surface area contributed by atoms with E-state index in [1.807, 2.05) is 131 Å². The average molecular weight is 1780 g/mol. The fourth-order valence-corrected chi connectivity index (χ4v) is 16.6. The Labute approximate surface area is 751 Å². The Bertz CT molecular complexity index is 6390. The molecule has 0 saturated carbocycles. The van der Waals surface area contributed by atoms with Gasteiger partial charge in [-0.1, -0.05) is 84.5 Å². The maximum Gasteiger partial charge on any atom is 0.343 e. The third kappa shape index (κ3) is 23.7. The molecule has 3 fully saturated rings. The van der Waals surface area contributed by atoms with Gasteiger partial charge in [0.05, 0.1) is 38.5 Å². The van der Waals surface area contributed by atoms with Crippen molar-refractivity contribution in [1.82, 2.24) is 65.0 Å². The molecule has 4 N–H and O–H groups in total. The number of anilines is 6. The first-order valence-electron chi connectivity index (χ1n) is 42.2. The quantitative estimate of drug-likeness (QED) is 0.0261. The Morgan fingerprint density at radius 3 is 1.12 bits per heavy atom. The van der Waals surface area contributed by atoms with Crippen molar-refractivity contribution >= 4 is 131 Å². The Kier molecular flexibility index (Phi) is 29.2. The van der Waals surface area contributed by atoms with Crippen LogP contribution in [0, 0.1) is 33.6 Å². The highest BCUT2D eigenvalue weighted by Crippen LogP contribution is 2.39. The third-order valence-corrected chi connectivity index (χ3v) is 24.2. The second kappa shape index (κ2) is 41.6. The van der Waals surface area contributed by atoms with Gasteiger partial charge in [0.1, 0.15) is 58.5 Å². The van der Waals surface area contributed by atoms with Gasteiger partial charge in [-0.15, -0.1) is 30.6 Å². The molecule has 3 aromatic heterocycles. The molecule has 6 heterocycles. The predicted octanol–water partition coefficient (Wildman–Crippen LogP) is 19.8. The topological polar surface area (TPSA) is 305 Å².